The van der Waals surface area contributed by atoms with E-state index in [2.05, 4.69) is 0 Å². The Labute approximate surface area is 161 Å². The van der Waals surface area contributed by atoms with Gasteiger partial charge in [0.1, 0.15) is 10.4 Å². The number of carbonyl (C=O) groups excluding carboxylic acids is 3. The molecular weight excluding hydrogens is 372 g/mol. The summed E-state index contributed by atoms with van der Waals surface area (Å²) in [5, 5.41) is 0. The van der Waals surface area contributed by atoms with Crippen LogP contribution in [0.15, 0.2) is 29.2 Å². The highest BCUT2D eigenvalue weighted by Crippen LogP contribution is 2.44. The third-order valence-corrected chi connectivity index (χ3v) is 5.73. The third kappa shape index (κ3) is 2.83. The molecule has 3 rings (SSSR count). The number of ether oxygens (including phenoxy) is 1. The largest absolute Gasteiger partial charge is 0.467 e. The maximum atomic E-state index is 13.0. The van der Waals surface area contributed by atoms with Crippen LogP contribution in [0.25, 0.3) is 5.57 Å². The summed E-state index contributed by atoms with van der Waals surface area (Å²) in [5.41, 5.74) is 1.86. The minimum absolute atomic E-state index is 0.209. The minimum Gasteiger partial charge on any atom is -0.467 e. The summed E-state index contributed by atoms with van der Waals surface area (Å²) in [4.78, 5) is 41.0. The standard InChI is InChI=1S/C18H18N2O4S2/c1-4-9-19-12-8-6-5-7-11(12)13(15(19)21)14-16(22)20(18(25)26-14)10(2)17(23)24-3/h5-8,10H,4,9H2,1-3H3. The van der Waals surface area contributed by atoms with Crippen LogP contribution in [0.4, 0.5) is 5.69 Å². The molecule has 0 spiro atoms. The molecule has 0 radical (unpaired) electrons. The van der Waals surface area contributed by atoms with Crippen LogP contribution in [0.5, 0.6) is 0 Å². The number of nitrogens with zero attached hydrogens (tertiary/aromatic N) is 2. The van der Waals surface area contributed by atoms with Gasteiger partial charge in [-0.15, -0.1) is 0 Å². The molecule has 1 aromatic rings. The van der Waals surface area contributed by atoms with Crippen molar-refractivity contribution in [3.05, 3.63) is 34.7 Å². The Bertz CT molecular complexity index is 849. The van der Waals surface area contributed by atoms with Crippen LogP contribution in [-0.4, -0.2) is 46.7 Å². The van der Waals surface area contributed by atoms with Gasteiger partial charge in [0.25, 0.3) is 11.8 Å². The number of carbonyl (C=O) groups is 3. The first-order chi connectivity index (χ1) is 12.4. The van der Waals surface area contributed by atoms with Crippen LogP contribution >= 0.6 is 24.0 Å². The minimum atomic E-state index is -0.843. The van der Waals surface area contributed by atoms with Crippen molar-refractivity contribution in [3.8, 4) is 0 Å². The number of benzene rings is 1. The zero-order chi connectivity index (χ0) is 19.0. The van der Waals surface area contributed by atoms with E-state index in [0.29, 0.717) is 12.1 Å². The van der Waals surface area contributed by atoms with Crippen LogP contribution in [-0.2, 0) is 19.1 Å². The molecule has 2 aliphatic heterocycles. The number of methoxy groups -OCH3 is 1. The monoisotopic (exact) mass is 390 g/mol. The zero-order valence-electron chi connectivity index (χ0n) is 14.6. The number of fused-ring (bicyclic) bond motifs is 1. The molecule has 0 bridgehead atoms. The molecule has 2 amide bonds. The van der Waals surface area contributed by atoms with Gasteiger partial charge in [-0.2, -0.15) is 0 Å². The fourth-order valence-corrected chi connectivity index (χ4v) is 4.58. The van der Waals surface area contributed by atoms with Gasteiger partial charge in [-0.1, -0.05) is 49.1 Å². The number of rotatable bonds is 4. The summed E-state index contributed by atoms with van der Waals surface area (Å²) in [6.07, 6.45) is 0.799. The van der Waals surface area contributed by atoms with Crippen LogP contribution in [0.1, 0.15) is 25.8 Å². The number of thioether (sulfide) groups is 1. The van der Waals surface area contributed by atoms with Gasteiger partial charge in [0.15, 0.2) is 0 Å². The third-order valence-electron chi connectivity index (χ3n) is 4.33. The molecule has 6 nitrogen and oxygen atoms in total. The molecule has 26 heavy (non-hydrogen) atoms. The number of para-hydroxylation sites is 1. The topological polar surface area (TPSA) is 66.9 Å². The summed E-state index contributed by atoms with van der Waals surface area (Å²) >= 11 is 6.35. The van der Waals surface area contributed by atoms with E-state index in [1.807, 2.05) is 31.2 Å². The molecule has 1 aromatic carbocycles. The first kappa shape index (κ1) is 18.6. The smallest absolute Gasteiger partial charge is 0.328 e. The van der Waals surface area contributed by atoms with Crippen LogP contribution < -0.4 is 4.90 Å². The summed E-state index contributed by atoms with van der Waals surface area (Å²) in [6.45, 7) is 4.11. The second-order valence-electron chi connectivity index (χ2n) is 5.92. The van der Waals surface area contributed by atoms with Crippen LogP contribution in [0.2, 0.25) is 0 Å². The molecule has 2 aliphatic rings. The summed E-state index contributed by atoms with van der Waals surface area (Å²) in [7, 11) is 1.26. The predicted molar refractivity (Wildman–Crippen MR) is 105 cm³/mol. The Balaban J connectivity index is 2.08. The molecule has 1 atom stereocenters. The van der Waals surface area contributed by atoms with Gasteiger partial charge in [0.05, 0.1) is 23.3 Å². The fraction of sp³-hybridized carbons (Fsp3) is 0.333. The maximum Gasteiger partial charge on any atom is 0.328 e. The van der Waals surface area contributed by atoms with Crippen molar-refractivity contribution in [3.63, 3.8) is 0 Å². The maximum absolute atomic E-state index is 13.0. The molecule has 1 unspecified atom stereocenters. The second-order valence-corrected chi connectivity index (χ2v) is 7.56. The van der Waals surface area contributed by atoms with Crippen molar-refractivity contribution >= 4 is 57.3 Å². The van der Waals surface area contributed by atoms with Crippen molar-refractivity contribution in [2.75, 3.05) is 18.6 Å². The lowest BCUT2D eigenvalue weighted by Crippen LogP contribution is -2.42. The quantitative estimate of drug-likeness (QED) is 0.447. The van der Waals surface area contributed by atoms with Crippen molar-refractivity contribution in [2.45, 2.75) is 26.3 Å². The van der Waals surface area contributed by atoms with E-state index in [1.165, 1.54) is 12.0 Å². The molecule has 0 aromatic heterocycles. The molecule has 0 aliphatic carbocycles. The lowest BCUT2D eigenvalue weighted by Gasteiger charge is -2.20. The molecule has 1 saturated heterocycles. The number of esters is 1. The van der Waals surface area contributed by atoms with E-state index in [9.17, 15) is 14.4 Å². The lowest BCUT2D eigenvalue weighted by atomic mass is 10.1. The normalized spacial score (nSPS) is 20.7. The Morgan fingerprint density at radius 2 is 1.96 bits per heavy atom. The molecule has 1 fully saturated rings. The number of thiocarbonyl (C=S) groups is 1. The average molecular weight is 390 g/mol. The van der Waals surface area contributed by atoms with Gasteiger partial charge in [-0.25, -0.2) is 4.79 Å². The molecular formula is C18H18N2O4S2. The SMILES string of the molecule is CCCN1C(=O)C(=C2SC(=S)N(C(C)C(=O)OC)C2=O)c2ccccc21. The van der Waals surface area contributed by atoms with Crippen molar-refractivity contribution in [2.24, 2.45) is 0 Å². The summed E-state index contributed by atoms with van der Waals surface area (Å²) in [5.74, 6) is -1.20. The van der Waals surface area contributed by atoms with Crippen molar-refractivity contribution in [1.29, 1.82) is 0 Å². The highest BCUT2D eigenvalue weighted by atomic mass is 32.2. The van der Waals surface area contributed by atoms with Gasteiger partial charge in [-0.05, 0) is 19.4 Å². The highest BCUT2D eigenvalue weighted by molar-refractivity contribution is 8.26. The number of amides is 2. The van der Waals surface area contributed by atoms with E-state index in [4.69, 9.17) is 17.0 Å². The molecule has 2 heterocycles. The van der Waals surface area contributed by atoms with E-state index in [-0.39, 0.29) is 15.1 Å². The van der Waals surface area contributed by atoms with Gasteiger partial charge in [0.2, 0.25) is 0 Å². The zero-order valence-corrected chi connectivity index (χ0v) is 16.3. The molecule has 8 heteroatoms. The molecule has 0 N–H and O–H groups in total. The highest BCUT2D eigenvalue weighted by Gasteiger charge is 2.44. The van der Waals surface area contributed by atoms with Crippen molar-refractivity contribution < 1.29 is 19.1 Å². The molecule has 136 valence electrons. The number of hydrogen-bond acceptors (Lipinski definition) is 6. The van der Waals surface area contributed by atoms with E-state index >= 15 is 0 Å². The Morgan fingerprint density at radius 3 is 2.62 bits per heavy atom. The Kier molecular flexibility index (Phi) is 5.15. The fourth-order valence-electron chi connectivity index (χ4n) is 3.09. The Morgan fingerprint density at radius 1 is 1.27 bits per heavy atom. The Hall–Kier alpha value is -2.19. The molecule has 0 saturated carbocycles. The van der Waals surface area contributed by atoms with Gasteiger partial charge in [-0.3, -0.25) is 14.5 Å². The van der Waals surface area contributed by atoms with Crippen molar-refractivity contribution in [1.82, 2.24) is 4.90 Å². The predicted octanol–water partition coefficient (Wildman–Crippen LogP) is 2.58. The first-order valence-corrected chi connectivity index (χ1v) is 9.43. The number of anilines is 1. The number of hydrogen-bond donors (Lipinski definition) is 0. The van der Waals surface area contributed by atoms with Gasteiger partial charge >= 0.3 is 5.97 Å². The van der Waals surface area contributed by atoms with Crippen LogP contribution in [0, 0.1) is 0 Å². The first-order valence-electron chi connectivity index (χ1n) is 8.21. The average Bonchev–Trinajstić information content (AvgIpc) is 3.07. The van der Waals surface area contributed by atoms with E-state index in [1.54, 1.807) is 11.8 Å². The summed E-state index contributed by atoms with van der Waals surface area (Å²) in [6, 6.07) is 6.55. The lowest BCUT2D eigenvalue weighted by molar-refractivity contribution is -0.147. The second kappa shape index (κ2) is 7.20. The van der Waals surface area contributed by atoms with Gasteiger partial charge in [0, 0.05) is 12.1 Å². The van der Waals surface area contributed by atoms with E-state index in [0.717, 1.165) is 29.4 Å². The summed E-state index contributed by atoms with van der Waals surface area (Å²) < 4.78 is 4.96. The van der Waals surface area contributed by atoms with Crippen LogP contribution in [0.3, 0.4) is 0 Å². The van der Waals surface area contributed by atoms with Gasteiger partial charge < -0.3 is 9.64 Å². The van der Waals surface area contributed by atoms with E-state index < -0.39 is 17.9 Å².